The van der Waals surface area contributed by atoms with Gasteiger partial charge < -0.3 is 5.11 Å². The number of rotatable bonds is 7. The molecule has 1 aromatic heterocycles. The van der Waals surface area contributed by atoms with Gasteiger partial charge in [0.25, 0.3) is 0 Å². The average Bonchev–Trinajstić information content (AvgIpc) is 3.06. The molecule has 5 rings (SSSR count). The number of nitrogens with zero attached hydrogens (tertiary/aromatic N) is 1. The van der Waals surface area contributed by atoms with Crippen LogP contribution in [0.2, 0.25) is 0 Å². The van der Waals surface area contributed by atoms with E-state index in [0.29, 0.717) is 5.75 Å². The summed E-state index contributed by atoms with van der Waals surface area (Å²) in [5, 5.41) is 11.8. The van der Waals surface area contributed by atoms with Gasteiger partial charge in [-0.1, -0.05) is 135 Å². The molecule has 5 aromatic rings. The Labute approximate surface area is 302 Å². The van der Waals surface area contributed by atoms with Crippen molar-refractivity contribution in [3.63, 3.8) is 0 Å². The van der Waals surface area contributed by atoms with E-state index in [1.165, 1.54) is 50.1 Å². The van der Waals surface area contributed by atoms with Crippen LogP contribution in [0.3, 0.4) is 0 Å². The highest BCUT2D eigenvalue weighted by atomic mass is 16.3. The molecular formula is C48H57NO. The predicted octanol–water partition coefficient (Wildman–Crippen LogP) is 13.4. The molecule has 0 aliphatic heterocycles. The zero-order valence-corrected chi connectivity index (χ0v) is 32.5. The Hall–Kier alpha value is -4.43. The van der Waals surface area contributed by atoms with Gasteiger partial charge in [0.15, 0.2) is 0 Å². The van der Waals surface area contributed by atoms with Gasteiger partial charge in [0.2, 0.25) is 0 Å². The summed E-state index contributed by atoms with van der Waals surface area (Å²) in [6, 6.07) is 33.0. The lowest BCUT2D eigenvalue weighted by molar-refractivity contribution is 0.443. The first-order valence-corrected chi connectivity index (χ1v) is 18.2. The predicted molar refractivity (Wildman–Crippen MR) is 216 cm³/mol. The smallest absolute Gasteiger partial charge is 0.126 e. The molecular weight excluding hydrogens is 607 g/mol. The summed E-state index contributed by atoms with van der Waals surface area (Å²) in [6.07, 6.45) is 3.63. The minimum atomic E-state index is -0.179. The van der Waals surface area contributed by atoms with Gasteiger partial charge in [0, 0.05) is 22.9 Å². The lowest BCUT2D eigenvalue weighted by Gasteiger charge is -2.28. The molecule has 260 valence electrons. The SMILES string of the molecule is CC/C(Cc1c(C)cccc1-c1cc(-c2cc(-c3ccccc3)ccn2)cc(C(C)(C)C)c1)=C(/C)c1cc(C(C)(C)C)cc(C(C)(C)C)c1O. The van der Waals surface area contributed by atoms with E-state index in [9.17, 15) is 5.11 Å². The van der Waals surface area contributed by atoms with Crippen LogP contribution >= 0.6 is 0 Å². The molecule has 0 unspecified atom stereocenters. The zero-order chi connectivity index (χ0) is 36.6. The third kappa shape index (κ3) is 7.96. The fourth-order valence-electron chi connectivity index (χ4n) is 6.82. The maximum absolute atomic E-state index is 11.8. The number of hydrogen-bond donors (Lipinski definition) is 1. The van der Waals surface area contributed by atoms with E-state index in [0.717, 1.165) is 40.8 Å². The summed E-state index contributed by atoms with van der Waals surface area (Å²) in [4.78, 5) is 4.88. The number of hydrogen-bond acceptors (Lipinski definition) is 2. The number of aromatic nitrogens is 1. The van der Waals surface area contributed by atoms with E-state index in [1.54, 1.807) is 0 Å². The Kier molecular flexibility index (Phi) is 10.4. The molecule has 0 radical (unpaired) electrons. The van der Waals surface area contributed by atoms with Crippen molar-refractivity contribution >= 4 is 5.57 Å². The van der Waals surface area contributed by atoms with Gasteiger partial charge in [-0.05, 0) is 123 Å². The first-order valence-electron chi connectivity index (χ1n) is 18.2. The highest BCUT2D eigenvalue weighted by Gasteiger charge is 2.26. The fraction of sp³-hybridized carbons (Fsp3) is 0.354. The van der Waals surface area contributed by atoms with E-state index < -0.39 is 0 Å². The maximum atomic E-state index is 11.8. The second-order valence-corrected chi connectivity index (χ2v) is 17.1. The lowest BCUT2D eigenvalue weighted by Crippen LogP contribution is -2.17. The Morgan fingerprint density at radius 3 is 1.90 bits per heavy atom. The summed E-state index contributed by atoms with van der Waals surface area (Å²) in [7, 11) is 0. The van der Waals surface area contributed by atoms with Crippen molar-refractivity contribution in [2.24, 2.45) is 0 Å². The average molecular weight is 664 g/mol. The molecule has 50 heavy (non-hydrogen) atoms. The molecule has 1 heterocycles. The van der Waals surface area contributed by atoms with Crippen LogP contribution in [0.4, 0.5) is 0 Å². The Balaban J connectivity index is 1.67. The van der Waals surface area contributed by atoms with Crippen molar-refractivity contribution in [3.05, 3.63) is 136 Å². The third-order valence-electron chi connectivity index (χ3n) is 10.2. The second kappa shape index (κ2) is 14.1. The normalized spacial score (nSPS) is 13.0. The van der Waals surface area contributed by atoms with Crippen LogP contribution in [0, 0.1) is 6.92 Å². The van der Waals surface area contributed by atoms with Gasteiger partial charge in [-0.3, -0.25) is 4.98 Å². The molecule has 4 aromatic carbocycles. The van der Waals surface area contributed by atoms with Gasteiger partial charge in [0.1, 0.15) is 5.75 Å². The third-order valence-corrected chi connectivity index (χ3v) is 10.2. The van der Waals surface area contributed by atoms with Gasteiger partial charge in [-0.15, -0.1) is 0 Å². The summed E-state index contributed by atoms with van der Waals surface area (Å²) >= 11 is 0. The van der Waals surface area contributed by atoms with Crippen LogP contribution < -0.4 is 0 Å². The van der Waals surface area contributed by atoms with Gasteiger partial charge in [-0.2, -0.15) is 0 Å². The molecule has 0 fully saturated rings. The van der Waals surface area contributed by atoms with Crippen molar-refractivity contribution in [2.75, 3.05) is 0 Å². The number of benzene rings is 4. The fourth-order valence-corrected chi connectivity index (χ4v) is 6.82. The molecule has 0 atom stereocenters. The molecule has 0 aliphatic rings. The van der Waals surface area contributed by atoms with Gasteiger partial charge in [0.05, 0.1) is 5.69 Å². The number of aromatic hydroxyl groups is 1. The number of aryl methyl sites for hydroxylation is 1. The van der Waals surface area contributed by atoms with Crippen molar-refractivity contribution in [1.29, 1.82) is 0 Å². The van der Waals surface area contributed by atoms with Crippen molar-refractivity contribution < 1.29 is 5.11 Å². The van der Waals surface area contributed by atoms with Crippen LogP contribution in [0.5, 0.6) is 5.75 Å². The topological polar surface area (TPSA) is 33.1 Å². The number of phenolic OH excluding ortho intramolecular Hbond substituents is 1. The van der Waals surface area contributed by atoms with E-state index >= 15 is 0 Å². The first kappa shape index (κ1) is 36.8. The largest absolute Gasteiger partial charge is 0.507 e. The zero-order valence-electron chi connectivity index (χ0n) is 32.5. The van der Waals surface area contributed by atoms with E-state index in [2.05, 4.69) is 174 Å². The summed E-state index contributed by atoms with van der Waals surface area (Å²) in [6.45, 7) is 26.8. The van der Waals surface area contributed by atoms with Crippen LogP contribution in [0.25, 0.3) is 39.1 Å². The molecule has 0 spiro atoms. The van der Waals surface area contributed by atoms with Crippen LogP contribution in [0.15, 0.2) is 103 Å². The number of pyridine rings is 1. The molecule has 0 saturated carbocycles. The van der Waals surface area contributed by atoms with E-state index in [4.69, 9.17) is 4.98 Å². The lowest BCUT2D eigenvalue weighted by atomic mass is 9.77. The van der Waals surface area contributed by atoms with E-state index in [-0.39, 0.29) is 16.2 Å². The highest BCUT2D eigenvalue weighted by molar-refractivity contribution is 5.79. The molecule has 0 bridgehead atoms. The Morgan fingerprint density at radius 2 is 1.28 bits per heavy atom. The van der Waals surface area contributed by atoms with Gasteiger partial charge in [-0.25, -0.2) is 0 Å². The summed E-state index contributed by atoms with van der Waals surface area (Å²) in [5.74, 6) is 0.409. The van der Waals surface area contributed by atoms with Crippen LogP contribution in [-0.2, 0) is 22.7 Å². The molecule has 2 heteroatoms. The first-order chi connectivity index (χ1) is 23.4. The number of allylic oxidation sites excluding steroid dienone is 2. The minimum absolute atomic E-state index is 0.0381. The molecule has 0 aliphatic carbocycles. The minimum Gasteiger partial charge on any atom is -0.507 e. The molecule has 2 nitrogen and oxygen atoms in total. The highest BCUT2D eigenvalue weighted by Crippen LogP contribution is 2.42. The van der Waals surface area contributed by atoms with Crippen LogP contribution in [0.1, 0.15) is 116 Å². The van der Waals surface area contributed by atoms with Crippen molar-refractivity contribution in [2.45, 2.75) is 112 Å². The van der Waals surface area contributed by atoms with Gasteiger partial charge >= 0.3 is 0 Å². The standard InChI is InChI=1S/C48H57NO/c1-13-33(32(3)42-29-39(47(7,8)9)30-43(45(42)50)48(10,11)12)27-41-31(2)18-17-21-40(41)36-24-37(26-38(25-36)46(4,5)6)44-28-35(22-23-49-44)34-19-15-14-16-20-34/h14-26,28-30,50H,13,27H2,1-12H3/b33-32+. The number of phenols is 1. The molecule has 1 N–H and O–H groups in total. The Morgan fingerprint density at radius 1 is 0.640 bits per heavy atom. The van der Waals surface area contributed by atoms with Crippen molar-refractivity contribution in [3.8, 4) is 39.3 Å². The molecule has 0 saturated heterocycles. The monoisotopic (exact) mass is 663 g/mol. The summed E-state index contributed by atoms with van der Waals surface area (Å²) < 4.78 is 0. The van der Waals surface area contributed by atoms with Crippen molar-refractivity contribution in [1.82, 2.24) is 4.98 Å². The van der Waals surface area contributed by atoms with Crippen LogP contribution in [-0.4, -0.2) is 10.1 Å². The second-order valence-electron chi connectivity index (χ2n) is 17.1. The quantitative estimate of drug-likeness (QED) is 0.188. The Bertz CT molecular complexity index is 2020. The van der Waals surface area contributed by atoms with E-state index in [1.807, 2.05) is 6.20 Å². The maximum Gasteiger partial charge on any atom is 0.126 e. The summed E-state index contributed by atoms with van der Waals surface area (Å²) in [5.41, 5.74) is 16.2. The molecule has 0 amide bonds.